The second-order valence-electron chi connectivity index (χ2n) is 21.6. The first-order chi connectivity index (χ1) is 39.0. The summed E-state index contributed by atoms with van der Waals surface area (Å²) in [6, 6.07) is 0. The fraction of sp³-hybridized carbons (Fsp3) is 0.685. The largest absolute Gasteiger partial charge is 0.462 e. The van der Waals surface area contributed by atoms with Crippen molar-refractivity contribution in [1.82, 2.24) is 0 Å². The lowest BCUT2D eigenvalue weighted by Gasteiger charge is -2.18. The molecule has 0 aromatic heterocycles. The highest BCUT2D eigenvalue weighted by Crippen LogP contribution is 2.17. The molecule has 0 aromatic rings. The van der Waals surface area contributed by atoms with Crippen LogP contribution in [-0.4, -0.2) is 37.2 Å². The van der Waals surface area contributed by atoms with E-state index in [9.17, 15) is 14.4 Å². The maximum absolute atomic E-state index is 12.8. The lowest BCUT2D eigenvalue weighted by atomic mass is 10.0. The smallest absolute Gasteiger partial charge is 0.306 e. The Morgan fingerprint density at radius 2 is 0.519 bits per heavy atom. The lowest BCUT2D eigenvalue weighted by molar-refractivity contribution is -0.166. The Morgan fingerprint density at radius 1 is 0.266 bits per heavy atom. The summed E-state index contributed by atoms with van der Waals surface area (Å²) in [4.78, 5) is 38.2. The molecule has 0 N–H and O–H groups in total. The third-order valence-electron chi connectivity index (χ3n) is 14.0. The highest BCUT2D eigenvalue weighted by molar-refractivity contribution is 5.71. The summed E-state index contributed by atoms with van der Waals surface area (Å²) in [7, 11) is 0. The van der Waals surface area contributed by atoms with Crippen LogP contribution in [-0.2, 0) is 28.6 Å². The number of allylic oxidation sites excluding steroid dienone is 20. The zero-order valence-corrected chi connectivity index (χ0v) is 51.6. The number of hydrogen-bond acceptors (Lipinski definition) is 6. The summed E-state index contributed by atoms with van der Waals surface area (Å²) in [5, 5.41) is 0. The van der Waals surface area contributed by atoms with E-state index >= 15 is 0 Å². The third-order valence-corrected chi connectivity index (χ3v) is 14.0. The predicted molar refractivity (Wildman–Crippen MR) is 343 cm³/mol. The minimum absolute atomic E-state index is 0.104. The van der Waals surface area contributed by atoms with Crippen molar-refractivity contribution < 1.29 is 28.6 Å². The highest BCUT2D eigenvalue weighted by Gasteiger charge is 2.19. The van der Waals surface area contributed by atoms with Crippen LogP contribution in [0.25, 0.3) is 0 Å². The number of ether oxygens (including phenoxy) is 3. The number of hydrogen-bond donors (Lipinski definition) is 0. The van der Waals surface area contributed by atoms with Gasteiger partial charge >= 0.3 is 17.9 Å². The number of esters is 3. The monoisotopic (exact) mass is 1090 g/mol. The molecule has 0 rings (SSSR count). The molecule has 450 valence electrons. The van der Waals surface area contributed by atoms with E-state index in [1.807, 2.05) is 6.08 Å². The minimum Gasteiger partial charge on any atom is -0.462 e. The summed E-state index contributed by atoms with van der Waals surface area (Å²) in [6.45, 7) is 6.36. The van der Waals surface area contributed by atoms with Gasteiger partial charge in [-0.2, -0.15) is 0 Å². The Labute approximate surface area is 488 Å². The Morgan fingerprint density at radius 3 is 0.823 bits per heavy atom. The molecule has 0 aliphatic rings. The quantitative estimate of drug-likeness (QED) is 0.0261. The molecule has 0 spiro atoms. The third kappa shape index (κ3) is 64.5. The van der Waals surface area contributed by atoms with Gasteiger partial charge in [0.1, 0.15) is 13.2 Å². The van der Waals surface area contributed by atoms with E-state index in [-0.39, 0.29) is 37.5 Å². The van der Waals surface area contributed by atoms with Gasteiger partial charge < -0.3 is 14.2 Å². The molecule has 6 nitrogen and oxygen atoms in total. The number of carbonyl (C=O) groups is 3. The SMILES string of the molecule is CC/C=C\C/C=C\C/C=C\C/C=C\C/C=C\C/C=C\CCCCCCCCCCCCCCCCCCC(=O)OCC(COC(=O)CCCCCCCCCCCCCCC)OC(=O)CC/C=C\C/C=C\C/C=C\C/C=C\CC. The van der Waals surface area contributed by atoms with Gasteiger partial charge in [-0.25, -0.2) is 0 Å². The molecular weight excluding hydrogens is 973 g/mol. The van der Waals surface area contributed by atoms with Crippen LogP contribution in [0.3, 0.4) is 0 Å². The van der Waals surface area contributed by atoms with E-state index in [2.05, 4.69) is 136 Å². The number of rotatable bonds is 59. The van der Waals surface area contributed by atoms with Crippen molar-refractivity contribution in [3.63, 3.8) is 0 Å². The van der Waals surface area contributed by atoms with Crippen molar-refractivity contribution in [2.24, 2.45) is 0 Å². The van der Waals surface area contributed by atoms with E-state index in [0.29, 0.717) is 19.3 Å². The molecule has 0 aliphatic carbocycles. The maximum Gasteiger partial charge on any atom is 0.306 e. The predicted octanol–water partition coefficient (Wildman–Crippen LogP) is 22.8. The molecule has 1 unspecified atom stereocenters. The molecule has 6 heteroatoms. The van der Waals surface area contributed by atoms with E-state index in [4.69, 9.17) is 14.2 Å². The van der Waals surface area contributed by atoms with Crippen LogP contribution in [0.1, 0.15) is 303 Å². The minimum atomic E-state index is -0.815. The topological polar surface area (TPSA) is 78.9 Å². The van der Waals surface area contributed by atoms with Crippen LogP contribution in [0.15, 0.2) is 122 Å². The first-order valence-electron chi connectivity index (χ1n) is 33.0. The summed E-state index contributed by atoms with van der Waals surface area (Å²) in [5.74, 6) is -0.978. The molecule has 1 atom stereocenters. The molecule has 0 saturated carbocycles. The van der Waals surface area contributed by atoms with Gasteiger partial charge in [0.2, 0.25) is 0 Å². The first-order valence-corrected chi connectivity index (χ1v) is 33.0. The van der Waals surface area contributed by atoms with E-state index in [1.165, 1.54) is 154 Å². The van der Waals surface area contributed by atoms with Gasteiger partial charge in [0, 0.05) is 19.3 Å². The molecule has 0 saturated heterocycles. The Kier molecular flexibility index (Phi) is 62.8. The van der Waals surface area contributed by atoms with E-state index in [1.54, 1.807) is 0 Å². The van der Waals surface area contributed by atoms with Crippen molar-refractivity contribution in [3.05, 3.63) is 122 Å². The first kappa shape index (κ1) is 74.8. The summed E-state index contributed by atoms with van der Waals surface area (Å²) in [6.07, 6.45) is 92.5. The molecule has 0 fully saturated rings. The summed E-state index contributed by atoms with van der Waals surface area (Å²) < 4.78 is 16.8. The molecule has 0 aliphatic heterocycles. The van der Waals surface area contributed by atoms with Crippen LogP contribution < -0.4 is 0 Å². The van der Waals surface area contributed by atoms with Crippen molar-refractivity contribution in [1.29, 1.82) is 0 Å². The van der Waals surface area contributed by atoms with Gasteiger partial charge in [0.05, 0.1) is 0 Å². The average Bonchev–Trinajstić information content (AvgIpc) is 3.45. The standard InChI is InChI=1S/C73H122O6/c1-4-7-10-13-16-19-22-25-26-27-28-29-30-31-32-33-34-35-36-37-38-39-40-41-42-43-44-45-46-49-51-54-57-60-63-66-72(75)78-69-70(79-73(76)67-64-61-58-55-52-48-24-21-18-15-12-9-6-3)68-77-71(74)65-62-59-56-53-50-47-23-20-17-14-11-8-5-2/h7,9-10,12,16,18-19,21,25-26,28-29,31-32,34-35,48,52,58,61,70H,4-6,8,11,13-15,17,20,22-24,27,30,33,36-47,49-51,53-57,59-60,62-69H2,1-3H3/b10-7-,12-9-,19-16-,21-18-,26-25-,29-28-,32-31-,35-34-,52-48-,61-58-. The normalized spacial score (nSPS) is 12.9. The van der Waals surface area contributed by atoms with Crippen LogP contribution in [0.2, 0.25) is 0 Å². The molecule has 0 bridgehead atoms. The fourth-order valence-electron chi connectivity index (χ4n) is 9.11. The molecule has 0 radical (unpaired) electrons. The molecule has 0 aromatic carbocycles. The Hall–Kier alpha value is -4.19. The highest BCUT2D eigenvalue weighted by atomic mass is 16.6. The summed E-state index contributed by atoms with van der Waals surface area (Å²) >= 11 is 0. The Bertz CT molecular complexity index is 1640. The van der Waals surface area contributed by atoms with Crippen molar-refractivity contribution in [2.75, 3.05) is 13.2 Å². The maximum atomic E-state index is 12.8. The van der Waals surface area contributed by atoms with Crippen LogP contribution in [0.5, 0.6) is 0 Å². The summed E-state index contributed by atoms with van der Waals surface area (Å²) in [5.41, 5.74) is 0. The lowest BCUT2D eigenvalue weighted by Crippen LogP contribution is -2.30. The number of unbranched alkanes of at least 4 members (excludes halogenated alkanes) is 28. The van der Waals surface area contributed by atoms with Crippen molar-refractivity contribution in [2.45, 2.75) is 309 Å². The van der Waals surface area contributed by atoms with Gasteiger partial charge in [-0.1, -0.05) is 309 Å². The average molecular weight is 1100 g/mol. The van der Waals surface area contributed by atoms with Crippen LogP contribution in [0.4, 0.5) is 0 Å². The van der Waals surface area contributed by atoms with Crippen molar-refractivity contribution >= 4 is 17.9 Å². The van der Waals surface area contributed by atoms with Crippen LogP contribution in [0, 0.1) is 0 Å². The molecular formula is C73H122O6. The second kappa shape index (κ2) is 66.3. The van der Waals surface area contributed by atoms with Gasteiger partial charge in [-0.05, 0) is 96.3 Å². The van der Waals surface area contributed by atoms with Crippen molar-refractivity contribution in [3.8, 4) is 0 Å². The van der Waals surface area contributed by atoms with E-state index in [0.717, 1.165) is 103 Å². The zero-order valence-electron chi connectivity index (χ0n) is 51.6. The second-order valence-corrected chi connectivity index (χ2v) is 21.6. The zero-order chi connectivity index (χ0) is 57.1. The van der Waals surface area contributed by atoms with Gasteiger partial charge in [0.15, 0.2) is 6.10 Å². The van der Waals surface area contributed by atoms with Gasteiger partial charge in [0.25, 0.3) is 0 Å². The fourth-order valence-corrected chi connectivity index (χ4v) is 9.11. The van der Waals surface area contributed by atoms with Gasteiger partial charge in [-0.3, -0.25) is 14.4 Å². The number of carbonyl (C=O) groups excluding carboxylic acids is 3. The molecule has 0 heterocycles. The van der Waals surface area contributed by atoms with Gasteiger partial charge in [-0.15, -0.1) is 0 Å². The Balaban J connectivity index is 4.15. The van der Waals surface area contributed by atoms with E-state index < -0.39 is 6.10 Å². The molecule has 0 amide bonds. The van der Waals surface area contributed by atoms with Crippen LogP contribution >= 0.6 is 0 Å². The molecule has 79 heavy (non-hydrogen) atoms.